The Morgan fingerprint density at radius 1 is 1.50 bits per heavy atom. The Hall–Kier alpha value is -2.05. The van der Waals surface area contributed by atoms with Gasteiger partial charge in [0.25, 0.3) is 0 Å². The zero-order valence-corrected chi connectivity index (χ0v) is 11.3. The van der Waals surface area contributed by atoms with Crippen LogP contribution in [0.1, 0.15) is 19.8 Å². The van der Waals surface area contributed by atoms with Gasteiger partial charge in [0, 0.05) is 13.1 Å². The summed E-state index contributed by atoms with van der Waals surface area (Å²) in [6, 6.07) is -1.05. The lowest BCUT2D eigenvalue weighted by molar-refractivity contribution is -0.140. The number of nitrogens with one attached hydrogen (secondary N) is 2. The highest BCUT2D eigenvalue weighted by molar-refractivity contribution is 5.88. The van der Waals surface area contributed by atoms with Crippen molar-refractivity contribution in [2.24, 2.45) is 5.92 Å². The van der Waals surface area contributed by atoms with E-state index in [2.05, 4.69) is 10.6 Å². The molecule has 7 heteroatoms. The van der Waals surface area contributed by atoms with Gasteiger partial charge in [-0.3, -0.25) is 9.59 Å². The van der Waals surface area contributed by atoms with Crippen molar-refractivity contribution >= 4 is 17.9 Å². The summed E-state index contributed by atoms with van der Waals surface area (Å²) in [7, 11) is 0. The van der Waals surface area contributed by atoms with E-state index in [1.165, 1.54) is 4.90 Å². The van der Waals surface area contributed by atoms with Gasteiger partial charge in [-0.15, -0.1) is 0 Å². The maximum absolute atomic E-state index is 12.2. The smallest absolute Gasteiger partial charge is 0.318 e. The molecule has 0 aromatic carbocycles. The monoisotopic (exact) mass is 281 g/mol. The normalized spacial score (nSPS) is 29.1. The van der Waals surface area contributed by atoms with Crippen LogP contribution in [0.4, 0.5) is 4.79 Å². The number of carboxylic acids is 1. The van der Waals surface area contributed by atoms with Crippen LogP contribution in [0.5, 0.6) is 0 Å². The topological polar surface area (TPSA) is 98.7 Å². The lowest BCUT2D eigenvalue weighted by atomic mass is 10.1. The molecular weight excluding hydrogens is 262 g/mol. The predicted octanol–water partition coefficient (Wildman–Crippen LogP) is -0.0643. The Morgan fingerprint density at radius 2 is 2.25 bits per heavy atom. The molecule has 0 aromatic heterocycles. The largest absolute Gasteiger partial charge is 0.481 e. The van der Waals surface area contributed by atoms with E-state index in [4.69, 9.17) is 5.11 Å². The Bertz CT molecular complexity index is 449. The van der Waals surface area contributed by atoms with Crippen molar-refractivity contribution in [2.45, 2.75) is 31.8 Å². The number of carboxylic acid groups (broad SMARTS) is 1. The second-order valence-electron chi connectivity index (χ2n) is 5.03. The van der Waals surface area contributed by atoms with Crippen molar-refractivity contribution in [1.82, 2.24) is 15.5 Å². The molecule has 0 bridgehead atoms. The second-order valence-corrected chi connectivity index (χ2v) is 5.03. The maximum Gasteiger partial charge on any atom is 0.318 e. The van der Waals surface area contributed by atoms with E-state index in [1.54, 1.807) is 12.2 Å². The second kappa shape index (κ2) is 5.94. The molecule has 7 nitrogen and oxygen atoms in total. The van der Waals surface area contributed by atoms with E-state index in [9.17, 15) is 14.4 Å². The molecule has 0 spiro atoms. The summed E-state index contributed by atoms with van der Waals surface area (Å²) >= 11 is 0. The number of carbonyl (C=O) groups excluding carboxylic acids is 2. The highest BCUT2D eigenvalue weighted by Crippen LogP contribution is 2.18. The Morgan fingerprint density at radius 3 is 2.85 bits per heavy atom. The summed E-state index contributed by atoms with van der Waals surface area (Å²) in [6.07, 6.45) is 4.20. The lowest BCUT2D eigenvalue weighted by Gasteiger charge is -2.35. The molecule has 20 heavy (non-hydrogen) atoms. The summed E-state index contributed by atoms with van der Waals surface area (Å²) in [6.45, 7) is 2.77. The third kappa shape index (κ3) is 2.92. The van der Waals surface area contributed by atoms with Crippen molar-refractivity contribution in [2.75, 3.05) is 13.1 Å². The zero-order chi connectivity index (χ0) is 14.7. The third-order valence-corrected chi connectivity index (χ3v) is 3.69. The number of urea groups is 1. The van der Waals surface area contributed by atoms with E-state index < -0.39 is 17.9 Å². The third-order valence-electron chi connectivity index (χ3n) is 3.69. The summed E-state index contributed by atoms with van der Waals surface area (Å²) < 4.78 is 0. The zero-order valence-electron chi connectivity index (χ0n) is 11.3. The number of carbonyl (C=O) groups is 3. The molecule has 2 aliphatic rings. The molecule has 1 saturated heterocycles. The molecule has 0 radical (unpaired) electrons. The van der Waals surface area contributed by atoms with Gasteiger partial charge in [-0.25, -0.2) is 4.79 Å². The van der Waals surface area contributed by atoms with Gasteiger partial charge >= 0.3 is 12.0 Å². The van der Waals surface area contributed by atoms with Gasteiger partial charge in [0.2, 0.25) is 5.91 Å². The number of piperazine rings is 1. The molecule has 0 aromatic rings. The summed E-state index contributed by atoms with van der Waals surface area (Å²) in [4.78, 5) is 36.3. The maximum atomic E-state index is 12.2. The van der Waals surface area contributed by atoms with E-state index in [0.717, 1.165) is 0 Å². The first-order valence-electron chi connectivity index (χ1n) is 6.79. The van der Waals surface area contributed by atoms with Crippen molar-refractivity contribution in [3.8, 4) is 0 Å². The molecule has 0 saturated carbocycles. The van der Waals surface area contributed by atoms with E-state index in [0.29, 0.717) is 25.9 Å². The molecule has 3 N–H and O–H groups in total. The molecule has 1 heterocycles. The summed E-state index contributed by atoms with van der Waals surface area (Å²) in [5, 5.41) is 14.4. The van der Waals surface area contributed by atoms with E-state index in [1.807, 2.05) is 6.92 Å². The molecule has 1 aliphatic heterocycles. The van der Waals surface area contributed by atoms with Crippen LogP contribution in [-0.2, 0) is 9.59 Å². The van der Waals surface area contributed by atoms with Gasteiger partial charge in [-0.1, -0.05) is 19.1 Å². The SMILES string of the molecule is CCC1C(=O)NCCN1C(=O)NC1C=CC(C(=O)O)C1. The number of nitrogens with zero attached hydrogens (tertiary/aromatic N) is 1. The molecule has 3 unspecified atom stereocenters. The number of rotatable bonds is 3. The van der Waals surface area contributed by atoms with Crippen LogP contribution in [0.25, 0.3) is 0 Å². The molecule has 3 amide bonds. The molecule has 3 atom stereocenters. The van der Waals surface area contributed by atoms with Gasteiger partial charge < -0.3 is 20.6 Å². The number of amides is 3. The lowest BCUT2D eigenvalue weighted by Crippen LogP contribution is -2.60. The molecular formula is C13H19N3O4. The van der Waals surface area contributed by atoms with Crippen LogP contribution >= 0.6 is 0 Å². The van der Waals surface area contributed by atoms with E-state index in [-0.39, 0.29) is 18.0 Å². The summed E-state index contributed by atoms with van der Waals surface area (Å²) in [5.74, 6) is -1.58. The molecule has 1 aliphatic carbocycles. The number of hydrogen-bond donors (Lipinski definition) is 3. The van der Waals surface area contributed by atoms with Crippen LogP contribution in [0.2, 0.25) is 0 Å². The van der Waals surface area contributed by atoms with Crippen LogP contribution in [0, 0.1) is 5.92 Å². The summed E-state index contributed by atoms with van der Waals surface area (Å²) in [5.41, 5.74) is 0. The van der Waals surface area contributed by atoms with Crippen molar-refractivity contribution in [3.05, 3.63) is 12.2 Å². The average Bonchev–Trinajstić information content (AvgIpc) is 2.87. The minimum absolute atomic E-state index is 0.140. The van der Waals surface area contributed by atoms with Crippen molar-refractivity contribution in [3.63, 3.8) is 0 Å². The average molecular weight is 281 g/mol. The molecule has 1 fully saturated rings. The predicted molar refractivity (Wildman–Crippen MR) is 71.0 cm³/mol. The first-order valence-corrected chi connectivity index (χ1v) is 6.79. The quantitative estimate of drug-likeness (QED) is 0.631. The standard InChI is InChI=1S/C13H19N3O4/c1-2-10-11(17)14-5-6-16(10)13(20)15-9-4-3-8(7-9)12(18)19/h3-4,8-10H,2,5-7H2,1H3,(H,14,17)(H,15,20)(H,18,19). The van der Waals surface area contributed by atoms with Gasteiger partial charge in [0.15, 0.2) is 0 Å². The molecule has 110 valence electrons. The van der Waals surface area contributed by atoms with Crippen molar-refractivity contribution < 1.29 is 19.5 Å². The van der Waals surface area contributed by atoms with Crippen LogP contribution in [0.3, 0.4) is 0 Å². The Labute approximate surface area is 117 Å². The van der Waals surface area contributed by atoms with E-state index >= 15 is 0 Å². The fourth-order valence-electron chi connectivity index (χ4n) is 2.59. The Balaban J connectivity index is 1.93. The molecule has 2 rings (SSSR count). The highest BCUT2D eigenvalue weighted by atomic mass is 16.4. The number of aliphatic carboxylic acids is 1. The fraction of sp³-hybridized carbons (Fsp3) is 0.615. The van der Waals surface area contributed by atoms with Crippen molar-refractivity contribution in [1.29, 1.82) is 0 Å². The number of hydrogen-bond acceptors (Lipinski definition) is 3. The fourth-order valence-corrected chi connectivity index (χ4v) is 2.59. The van der Waals surface area contributed by atoms with Gasteiger partial charge in [0.1, 0.15) is 6.04 Å². The highest BCUT2D eigenvalue weighted by Gasteiger charge is 2.33. The van der Waals surface area contributed by atoms with Crippen LogP contribution in [-0.4, -0.2) is 53.1 Å². The van der Waals surface area contributed by atoms with Gasteiger partial charge in [0.05, 0.1) is 12.0 Å². The minimum Gasteiger partial charge on any atom is -0.481 e. The first kappa shape index (κ1) is 14.4. The van der Waals surface area contributed by atoms with Gasteiger partial charge in [-0.2, -0.15) is 0 Å². The Kier molecular flexibility index (Phi) is 4.26. The first-order chi connectivity index (χ1) is 9.52. The van der Waals surface area contributed by atoms with Crippen LogP contribution < -0.4 is 10.6 Å². The van der Waals surface area contributed by atoms with Gasteiger partial charge in [-0.05, 0) is 12.8 Å². The van der Waals surface area contributed by atoms with Crippen LogP contribution in [0.15, 0.2) is 12.2 Å². The minimum atomic E-state index is -0.887.